The van der Waals surface area contributed by atoms with Crippen LogP contribution in [0.4, 0.5) is 0 Å². The van der Waals surface area contributed by atoms with E-state index in [1.165, 1.54) is 4.68 Å². The highest BCUT2D eigenvalue weighted by Crippen LogP contribution is 2.13. The zero-order valence-electron chi connectivity index (χ0n) is 10.8. The summed E-state index contributed by atoms with van der Waals surface area (Å²) in [4.78, 5) is 15.4. The number of nitrogens with zero attached hydrogens (tertiary/aromatic N) is 2. The highest BCUT2D eigenvalue weighted by Gasteiger charge is 2.03. The average molecular weight is 360 g/mol. The van der Waals surface area contributed by atoms with Crippen LogP contribution < -0.4 is 5.56 Å². The molecule has 3 rings (SSSR count). The first-order chi connectivity index (χ1) is 10.2. The molecular weight excluding hydrogens is 350 g/mol. The Hall–Kier alpha value is -2.05. The van der Waals surface area contributed by atoms with Crippen molar-refractivity contribution in [3.05, 3.63) is 73.7 Å². The van der Waals surface area contributed by atoms with Crippen molar-refractivity contribution in [1.82, 2.24) is 9.66 Å². The number of H-pyrrole nitrogens is 1. The van der Waals surface area contributed by atoms with E-state index in [4.69, 9.17) is 12.2 Å². The van der Waals surface area contributed by atoms with E-state index in [0.717, 1.165) is 10.0 Å². The predicted octanol–water partition coefficient (Wildman–Crippen LogP) is 3.70. The van der Waals surface area contributed by atoms with Crippen molar-refractivity contribution < 1.29 is 0 Å². The summed E-state index contributed by atoms with van der Waals surface area (Å²) in [6, 6.07) is 14.8. The zero-order chi connectivity index (χ0) is 14.8. The van der Waals surface area contributed by atoms with Gasteiger partial charge in [-0.1, -0.05) is 46.3 Å². The van der Waals surface area contributed by atoms with Gasteiger partial charge in [0.15, 0.2) is 0 Å². The van der Waals surface area contributed by atoms with Crippen LogP contribution >= 0.6 is 28.1 Å². The van der Waals surface area contributed by atoms with Gasteiger partial charge in [0, 0.05) is 10.0 Å². The van der Waals surface area contributed by atoms with Gasteiger partial charge in [0.25, 0.3) is 5.56 Å². The molecule has 0 saturated heterocycles. The van der Waals surface area contributed by atoms with Crippen molar-refractivity contribution in [3.8, 4) is 0 Å². The SMILES string of the molecule is O=c1c2ccccc2[nH]c(=S)n1/N=C\c1ccccc1Br. The number of benzene rings is 2. The van der Waals surface area contributed by atoms with Gasteiger partial charge in [-0.05, 0) is 30.4 Å². The Labute approximate surface area is 133 Å². The van der Waals surface area contributed by atoms with Crippen LogP contribution in [0.2, 0.25) is 0 Å². The summed E-state index contributed by atoms with van der Waals surface area (Å²) in [5, 5.41) is 4.75. The van der Waals surface area contributed by atoms with E-state index in [2.05, 4.69) is 26.0 Å². The first kappa shape index (κ1) is 13.9. The highest BCUT2D eigenvalue weighted by molar-refractivity contribution is 9.10. The molecule has 4 nitrogen and oxygen atoms in total. The van der Waals surface area contributed by atoms with Crippen LogP contribution in [0.25, 0.3) is 10.9 Å². The minimum atomic E-state index is -0.238. The molecule has 0 unspecified atom stereocenters. The van der Waals surface area contributed by atoms with Gasteiger partial charge in [-0.25, -0.2) is 0 Å². The third kappa shape index (κ3) is 2.72. The van der Waals surface area contributed by atoms with Crippen molar-refractivity contribution in [2.45, 2.75) is 0 Å². The molecular formula is C15H10BrN3OS. The summed E-state index contributed by atoms with van der Waals surface area (Å²) in [6.45, 7) is 0. The van der Waals surface area contributed by atoms with E-state index in [0.29, 0.717) is 10.9 Å². The van der Waals surface area contributed by atoms with Crippen LogP contribution in [0.3, 0.4) is 0 Å². The summed E-state index contributed by atoms with van der Waals surface area (Å²) in [5.41, 5.74) is 1.34. The molecule has 21 heavy (non-hydrogen) atoms. The van der Waals surface area contributed by atoms with Crippen LogP contribution in [-0.4, -0.2) is 15.9 Å². The summed E-state index contributed by atoms with van der Waals surface area (Å²) in [7, 11) is 0. The van der Waals surface area contributed by atoms with Gasteiger partial charge in [-0.15, -0.1) is 0 Å². The lowest BCUT2D eigenvalue weighted by Gasteiger charge is -2.02. The third-order valence-corrected chi connectivity index (χ3v) is 4.00. The number of halogens is 1. The smallest absolute Gasteiger partial charge is 0.282 e. The summed E-state index contributed by atoms with van der Waals surface area (Å²) in [6.07, 6.45) is 1.60. The van der Waals surface area contributed by atoms with Gasteiger partial charge in [0.2, 0.25) is 4.77 Å². The fourth-order valence-corrected chi connectivity index (χ4v) is 2.58. The van der Waals surface area contributed by atoms with Crippen molar-refractivity contribution in [2.75, 3.05) is 0 Å². The van der Waals surface area contributed by atoms with Gasteiger partial charge in [0.05, 0.1) is 17.1 Å². The lowest BCUT2D eigenvalue weighted by Crippen LogP contribution is -2.18. The Bertz CT molecular complexity index is 959. The second kappa shape index (κ2) is 5.75. The molecule has 1 aromatic heterocycles. The molecule has 3 aromatic rings. The van der Waals surface area contributed by atoms with E-state index >= 15 is 0 Å². The number of hydrogen-bond donors (Lipinski definition) is 1. The molecule has 0 spiro atoms. The number of aromatic nitrogens is 2. The van der Waals surface area contributed by atoms with Gasteiger partial charge in [-0.3, -0.25) is 4.79 Å². The van der Waals surface area contributed by atoms with Crippen LogP contribution in [0.1, 0.15) is 5.56 Å². The Morgan fingerprint density at radius 2 is 1.86 bits per heavy atom. The molecule has 0 fully saturated rings. The van der Waals surface area contributed by atoms with Crippen LogP contribution in [0, 0.1) is 4.77 Å². The van der Waals surface area contributed by atoms with Crippen molar-refractivity contribution >= 4 is 45.3 Å². The van der Waals surface area contributed by atoms with Gasteiger partial charge < -0.3 is 4.98 Å². The third-order valence-electron chi connectivity index (χ3n) is 3.00. The predicted molar refractivity (Wildman–Crippen MR) is 90.5 cm³/mol. The maximum absolute atomic E-state index is 12.4. The normalized spacial score (nSPS) is 11.3. The Kier molecular flexibility index (Phi) is 3.81. The van der Waals surface area contributed by atoms with E-state index in [1.807, 2.05) is 42.5 Å². The quantitative estimate of drug-likeness (QED) is 0.560. The first-order valence-electron chi connectivity index (χ1n) is 6.20. The molecule has 0 saturated carbocycles. The average Bonchev–Trinajstić information content (AvgIpc) is 2.49. The molecule has 0 radical (unpaired) electrons. The zero-order valence-corrected chi connectivity index (χ0v) is 13.2. The van der Waals surface area contributed by atoms with Gasteiger partial charge >= 0.3 is 0 Å². The van der Waals surface area contributed by atoms with Crippen molar-refractivity contribution in [2.24, 2.45) is 5.10 Å². The molecule has 104 valence electrons. The maximum atomic E-state index is 12.4. The molecule has 0 aliphatic rings. The number of fused-ring (bicyclic) bond motifs is 1. The Morgan fingerprint density at radius 1 is 1.14 bits per heavy atom. The molecule has 0 amide bonds. The second-order valence-corrected chi connectivity index (χ2v) is 5.60. The number of para-hydroxylation sites is 1. The molecule has 0 aliphatic heterocycles. The number of hydrogen-bond acceptors (Lipinski definition) is 3. The number of aromatic amines is 1. The van der Waals surface area contributed by atoms with E-state index in [1.54, 1.807) is 12.3 Å². The van der Waals surface area contributed by atoms with Crippen molar-refractivity contribution in [3.63, 3.8) is 0 Å². The number of rotatable bonds is 2. The number of nitrogens with one attached hydrogen (secondary N) is 1. The molecule has 0 aliphatic carbocycles. The van der Waals surface area contributed by atoms with Gasteiger partial charge in [-0.2, -0.15) is 9.78 Å². The first-order valence-corrected chi connectivity index (χ1v) is 7.40. The van der Waals surface area contributed by atoms with Gasteiger partial charge in [0.1, 0.15) is 0 Å². The summed E-state index contributed by atoms with van der Waals surface area (Å²) >= 11 is 8.63. The van der Waals surface area contributed by atoms with E-state index in [9.17, 15) is 4.79 Å². The van der Waals surface area contributed by atoms with E-state index in [-0.39, 0.29) is 10.3 Å². The van der Waals surface area contributed by atoms with Crippen LogP contribution in [0.15, 0.2) is 62.9 Å². The molecule has 1 heterocycles. The summed E-state index contributed by atoms with van der Waals surface area (Å²) < 4.78 is 2.36. The topological polar surface area (TPSA) is 50.1 Å². The van der Waals surface area contributed by atoms with Crippen molar-refractivity contribution in [1.29, 1.82) is 0 Å². The largest absolute Gasteiger partial charge is 0.330 e. The molecule has 0 bridgehead atoms. The van der Waals surface area contributed by atoms with Crippen LogP contribution in [0.5, 0.6) is 0 Å². The fourth-order valence-electron chi connectivity index (χ4n) is 1.96. The highest BCUT2D eigenvalue weighted by atomic mass is 79.9. The lowest BCUT2D eigenvalue weighted by molar-refractivity contribution is 0.799. The maximum Gasteiger partial charge on any atom is 0.282 e. The minimum absolute atomic E-state index is 0.238. The van der Waals surface area contributed by atoms with E-state index < -0.39 is 0 Å². The monoisotopic (exact) mass is 359 g/mol. The Balaban J connectivity index is 2.16. The molecule has 0 atom stereocenters. The summed E-state index contributed by atoms with van der Waals surface area (Å²) in [5.74, 6) is 0. The second-order valence-electron chi connectivity index (χ2n) is 4.36. The lowest BCUT2D eigenvalue weighted by atomic mass is 10.2. The van der Waals surface area contributed by atoms with Crippen LogP contribution in [-0.2, 0) is 0 Å². The molecule has 2 aromatic carbocycles. The minimum Gasteiger partial charge on any atom is -0.330 e. The Morgan fingerprint density at radius 3 is 2.67 bits per heavy atom. The standard InChI is InChI=1S/C15H10BrN3OS/c16-12-7-3-1-5-10(12)9-17-19-14(20)11-6-2-4-8-13(11)18-15(19)21/h1-9H,(H,18,21)/b17-9-. The molecule has 6 heteroatoms. The fraction of sp³-hybridized carbons (Fsp3) is 0. The molecule has 1 N–H and O–H groups in total.